The van der Waals surface area contributed by atoms with E-state index in [2.05, 4.69) is 17.2 Å². The summed E-state index contributed by atoms with van der Waals surface area (Å²) in [6.45, 7) is 5.74. The maximum Gasteiger partial charge on any atom is 0.333 e. The average molecular weight is 286 g/mol. The molecule has 6 N–H and O–H groups in total. The Morgan fingerprint density at radius 3 is 2.60 bits per heavy atom. The number of rotatable bonds is 10. The zero-order chi connectivity index (χ0) is 15.5. The van der Waals surface area contributed by atoms with Gasteiger partial charge in [-0.1, -0.05) is 6.58 Å². The van der Waals surface area contributed by atoms with E-state index in [1.807, 2.05) is 0 Å². The maximum absolute atomic E-state index is 11.1. The number of nitrogens with one attached hydrogen (secondary N) is 3. The van der Waals surface area contributed by atoms with E-state index in [0.29, 0.717) is 25.0 Å². The molecule has 20 heavy (non-hydrogen) atoms. The van der Waals surface area contributed by atoms with Crippen LogP contribution in [0.4, 0.5) is 0 Å². The fourth-order valence-corrected chi connectivity index (χ4v) is 1.34. The second kappa shape index (κ2) is 9.79. The van der Waals surface area contributed by atoms with Crippen LogP contribution in [0.5, 0.6) is 0 Å². The van der Waals surface area contributed by atoms with Gasteiger partial charge in [0.1, 0.15) is 12.6 Å². The first kappa shape index (κ1) is 17.9. The third kappa shape index (κ3) is 8.92. The van der Waals surface area contributed by atoms with Crippen LogP contribution in [0, 0.1) is 5.41 Å². The molecule has 0 bridgehead atoms. The summed E-state index contributed by atoms with van der Waals surface area (Å²) in [7, 11) is 0. The summed E-state index contributed by atoms with van der Waals surface area (Å²) in [5.74, 6) is -1.61. The van der Waals surface area contributed by atoms with Crippen LogP contribution >= 0.6 is 0 Å². The number of carbonyl (C=O) groups is 2. The summed E-state index contributed by atoms with van der Waals surface area (Å²) in [5, 5.41) is 21.3. The molecule has 0 aromatic carbocycles. The van der Waals surface area contributed by atoms with E-state index in [-0.39, 0.29) is 19.1 Å². The van der Waals surface area contributed by atoms with Crippen molar-refractivity contribution in [2.75, 3.05) is 19.7 Å². The van der Waals surface area contributed by atoms with Crippen LogP contribution in [0.2, 0.25) is 0 Å². The lowest BCUT2D eigenvalue weighted by molar-refractivity contribution is -0.140. The molecular formula is C12H22N4O4. The summed E-state index contributed by atoms with van der Waals surface area (Å²) < 4.78 is 4.84. The predicted octanol–water partition coefficient (Wildman–Crippen LogP) is -0.588. The van der Waals surface area contributed by atoms with Gasteiger partial charge in [0.15, 0.2) is 5.96 Å². The Morgan fingerprint density at radius 2 is 2.10 bits per heavy atom. The number of nitrogens with two attached hydrogens (primary N) is 1. The molecule has 8 nitrogen and oxygen atoms in total. The van der Waals surface area contributed by atoms with Crippen LogP contribution in [-0.4, -0.2) is 48.7 Å². The highest BCUT2D eigenvalue weighted by molar-refractivity contribution is 5.86. The van der Waals surface area contributed by atoms with Crippen LogP contribution < -0.4 is 16.4 Å². The summed E-state index contributed by atoms with van der Waals surface area (Å²) in [5.41, 5.74) is 5.41. The molecule has 0 rings (SSSR count). The normalized spacial score (nSPS) is 11.4. The number of carbonyl (C=O) groups excluding carboxylic acids is 1. The third-order valence-corrected chi connectivity index (χ3v) is 2.36. The highest BCUT2D eigenvalue weighted by Crippen LogP contribution is 1.97. The molecule has 0 aliphatic carbocycles. The Balaban J connectivity index is 3.86. The average Bonchev–Trinajstić information content (AvgIpc) is 2.35. The Bertz CT molecular complexity index is 370. The van der Waals surface area contributed by atoms with E-state index >= 15 is 0 Å². The minimum Gasteiger partial charge on any atom is -0.480 e. The van der Waals surface area contributed by atoms with E-state index in [0.717, 1.165) is 0 Å². The summed E-state index contributed by atoms with van der Waals surface area (Å²) in [6, 6.07) is -0.729. The second-order valence-electron chi connectivity index (χ2n) is 4.24. The lowest BCUT2D eigenvalue weighted by Gasteiger charge is -2.14. The van der Waals surface area contributed by atoms with E-state index < -0.39 is 18.0 Å². The monoisotopic (exact) mass is 286 g/mol. The zero-order valence-corrected chi connectivity index (χ0v) is 11.6. The quantitative estimate of drug-likeness (QED) is 0.119. The molecular weight excluding hydrogens is 264 g/mol. The van der Waals surface area contributed by atoms with Gasteiger partial charge in [0.05, 0.1) is 0 Å². The highest BCUT2D eigenvalue weighted by atomic mass is 16.5. The van der Waals surface area contributed by atoms with E-state index in [4.69, 9.17) is 21.0 Å². The lowest BCUT2D eigenvalue weighted by Crippen LogP contribution is -2.39. The smallest absolute Gasteiger partial charge is 0.333 e. The van der Waals surface area contributed by atoms with E-state index in [1.54, 1.807) is 0 Å². The zero-order valence-electron chi connectivity index (χ0n) is 11.6. The number of hydrogen-bond donors (Lipinski definition) is 5. The van der Waals surface area contributed by atoms with Crippen molar-refractivity contribution in [1.29, 1.82) is 5.41 Å². The SMILES string of the molecule is C=C(C)C(=O)OCCNC(CCCNC(=N)N)C(=O)O. The van der Waals surface area contributed by atoms with Gasteiger partial charge >= 0.3 is 11.9 Å². The Morgan fingerprint density at radius 1 is 1.45 bits per heavy atom. The van der Waals surface area contributed by atoms with Gasteiger partial charge in [-0.15, -0.1) is 0 Å². The van der Waals surface area contributed by atoms with Crippen LogP contribution in [-0.2, 0) is 14.3 Å². The second-order valence-corrected chi connectivity index (χ2v) is 4.24. The molecule has 8 heteroatoms. The minimum atomic E-state index is -0.973. The van der Waals surface area contributed by atoms with Crippen molar-refractivity contribution in [3.8, 4) is 0 Å². The minimum absolute atomic E-state index is 0.0845. The van der Waals surface area contributed by atoms with Gasteiger partial charge < -0.3 is 26.2 Å². The van der Waals surface area contributed by atoms with E-state index in [1.165, 1.54) is 6.92 Å². The Kier molecular flexibility index (Phi) is 8.77. The highest BCUT2D eigenvalue weighted by Gasteiger charge is 2.16. The molecule has 0 amide bonds. The molecule has 0 aliphatic rings. The summed E-state index contributed by atoms with van der Waals surface area (Å²) in [4.78, 5) is 22.1. The molecule has 114 valence electrons. The van der Waals surface area contributed by atoms with E-state index in [9.17, 15) is 9.59 Å². The number of hydrogen-bond acceptors (Lipinski definition) is 5. The number of carboxylic acid groups (broad SMARTS) is 1. The first-order chi connectivity index (χ1) is 9.34. The van der Waals surface area contributed by atoms with Crippen LogP contribution in [0.3, 0.4) is 0 Å². The van der Waals surface area contributed by atoms with Crippen molar-refractivity contribution in [3.05, 3.63) is 12.2 Å². The molecule has 0 aromatic rings. The van der Waals surface area contributed by atoms with Gasteiger partial charge in [0.25, 0.3) is 0 Å². The van der Waals surface area contributed by atoms with Gasteiger partial charge in [-0.05, 0) is 19.8 Å². The van der Waals surface area contributed by atoms with Gasteiger partial charge in [0.2, 0.25) is 0 Å². The largest absolute Gasteiger partial charge is 0.480 e. The van der Waals surface area contributed by atoms with Crippen molar-refractivity contribution < 1.29 is 19.4 Å². The van der Waals surface area contributed by atoms with Gasteiger partial charge in [0, 0.05) is 18.7 Å². The Labute approximate surface area is 117 Å². The molecule has 0 radical (unpaired) electrons. The van der Waals surface area contributed by atoms with Gasteiger partial charge in [-0.25, -0.2) is 4.79 Å². The van der Waals surface area contributed by atoms with Gasteiger partial charge in [-0.3, -0.25) is 10.2 Å². The van der Waals surface area contributed by atoms with Crippen LogP contribution in [0.25, 0.3) is 0 Å². The number of carboxylic acids is 1. The molecule has 0 aliphatic heterocycles. The fraction of sp³-hybridized carbons (Fsp3) is 0.583. The molecule has 0 saturated carbocycles. The molecule has 1 atom stereocenters. The maximum atomic E-state index is 11.1. The standard InChI is InChI=1S/C12H22N4O4/c1-8(2)11(19)20-7-6-15-9(10(17)18)4-3-5-16-12(13)14/h9,15H,1,3-7H2,2H3,(H,17,18)(H4,13,14,16). The predicted molar refractivity (Wildman–Crippen MR) is 74.4 cm³/mol. The first-order valence-electron chi connectivity index (χ1n) is 6.21. The topological polar surface area (TPSA) is 138 Å². The molecule has 0 fully saturated rings. The van der Waals surface area contributed by atoms with Crippen LogP contribution in [0.15, 0.2) is 12.2 Å². The summed E-state index contributed by atoms with van der Waals surface area (Å²) in [6.07, 6.45) is 0.930. The van der Waals surface area contributed by atoms with Crippen molar-refractivity contribution in [2.45, 2.75) is 25.8 Å². The molecule has 0 saturated heterocycles. The van der Waals surface area contributed by atoms with Crippen LogP contribution in [0.1, 0.15) is 19.8 Å². The molecule has 0 aromatic heterocycles. The molecule has 0 spiro atoms. The summed E-state index contributed by atoms with van der Waals surface area (Å²) >= 11 is 0. The van der Waals surface area contributed by atoms with Gasteiger partial charge in [-0.2, -0.15) is 0 Å². The molecule has 0 heterocycles. The first-order valence-corrected chi connectivity index (χ1v) is 6.21. The molecule has 1 unspecified atom stereocenters. The Hall–Kier alpha value is -2.09. The number of aliphatic carboxylic acids is 1. The third-order valence-electron chi connectivity index (χ3n) is 2.36. The van der Waals surface area contributed by atoms with Crippen molar-refractivity contribution in [2.24, 2.45) is 5.73 Å². The lowest BCUT2D eigenvalue weighted by atomic mass is 10.1. The fourth-order valence-electron chi connectivity index (χ4n) is 1.34. The number of guanidine groups is 1. The van der Waals surface area contributed by atoms with Crippen molar-refractivity contribution in [1.82, 2.24) is 10.6 Å². The number of esters is 1. The van der Waals surface area contributed by atoms with Crippen molar-refractivity contribution in [3.63, 3.8) is 0 Å². The van der Waals surface area contributed by atoms with Crippen molar-refractivity contribution >= 4 is 17.9 Å². The number of ether oxygens (including phenoxy) is 1.